The Morgan fingerprint density at radius 3 is 2.72 bits per heavy atom. The average molecular weight is 428 g/mol. The van der Waals surface area contributed by atoms with E-state index in [0.29, 0.717) is 37.2 Å². The standard InChI is InChI=1S/C27H25NO4/c1-19-13-23(30-17-24-18-31-25-7-2-3-8-26(25)32-24)15-27(29)28(19)16-22-6-4-5-21(14-22)12-11-20-9-10-20/h2-8,13-15,20,24H,9-10,16-18H2,1H3. The minimum atomic E-state index is -0.230. The van der Waals surface area contributed by atoms with Gasteiger partial charge in [0.2, 0.25) is 0 Å². The Morgan fingerprint density at radius 2 is 1.91 bits per heavy atom. The fourth-order valence-corrected chi connectivity index (χ4v) is 3.66. The maximum absolute atomic E-state index is 12.8. The smallest absolute Gasteiger partial charge is 0.254 e. The summed E-state index contributed by atoms with van der Waals surface area (Å²) in [5.74, 6) is 9.09. The minimum absolute atomic E-state index is 0.0966. The fraction of sp³-hybridized carbons (Fsp3) is 0.296. The number of benzene rings is 2. The van der Waals surface area contributed by atoms with E-state index in [-0.39, 0.29) is 11.7 Å². The number of fused-ring (bicyclic) bond motifs is 1. The van der Waals surface area contributed by atoms with E-state index in [1.165, 1.54) is 18.9 Å². The predicted octanol–water partition coefficient (Wildman–Crippen LogP) is 4.19. The zero-order valence-corrected chi connectivity index (χ0v) is 18.0. The van der Waals surface area contributed by atoms with Crippen molar-refractivity contribution < 1.29 is 14.2 Å². The van der Waals surface area contributed by atoms with Crippen LogP contribution in [0.2, 0.25) is 0 Å². The van der Waals surface area contributed by atoms with Crippen molar-refractivity contribution in [2.24, 2.45) is 5.92 Å². The van der Waals surface area contributed by atoms with Crippen LogP contribution >= 0.6 is 0 Å². The zero-order chi connectivity index (χ0) is 21.9. The molecule has 3 aromatic rings. The Bertz CT molecular complexity index is 1250. The third-order valence-electron chi connectivity index (χ3n) is 5.58. The molecule has 0 saturated heterocycles. The van der Waals surface area contributed by atoms with Gasteiger partial charge in [-0.3, -0.25) is 4.79 Å². The first kappa shape index (κ1) is 20.3. The monoisotopic (exact) mass is 427 g/mol. The van der Waals surface area contributed by atoms with Crippen LogP contribution in [-0.4, -0.2) is 23.9 Å². The minimum Gasteiger partial charge on any atom is -0.489 e. The lowest BCUT2D eigenvalue weighted by Crippen LogP contribution is -2.34. The first-order chi connectivity index (χ1) is 15.6. The van der Waals surface area contributed by atoms with Crippen molar-refractivity contribution in [3.05, 3.63) is 87.8 Å². The number of aryl methyl sites for hydroxylation is 1. The van der Waals surface area contributed by atoms with E-state index in [2.05, 4.69) is 17.9 Å². The molecule has 1 unspecified atom stereocenters. The first-order valence-corrected chi connectivity index (χ1v) is 11.0. The number of pyridine rings is 1. The lowest BCUT2D eigenvalue weighted by molar-refractivity contribution is 0.0534. The van der Waals surface area contributed by atoms with E-state index in [1.54, 1.807) is 4.57 Å². The maximum atomic E-state index is 12.8. The molecule has 32 heavy (non-hydrogen) atoms. The summed E-state index contributed by atoms with van der Waals surface area (Å²) >= 11 is 0. The molecule has 1 aliphatic heterocycles. The number of aromatic nitrogens is 1. The molecule has 162 valence electrons. The van der Waals surface area contributed by atoms with Crippen molar-refractivity contribution in [1.29, 1.82) is 0 Å². The Morgan fingerprint density at radius 1 is 1.06 bits per heavy atom. The largest absolute Gasteiger partial charge is 0.489 e. The van der Waals surface area contributed by atoms with Gasteiger partial charge in [-0.2, -0.15) is 0 Å². The molecule has 5 nitrogen and oxygen atoms in total. The highest BCUT2D eigenvalue weighted by Gasteiger charge is 2.21. The van der Waals surface area contributed by atoms with Crippen LogP contribution < -0.4 is 19.8 Å². The summed E-state index contributed by atoms with van der Waals surface area (Å²) in [5.41, 5.74) is 2.79. The molecule has 1 fully saturated rings. The Hall–Kier alpha value is -3.65. The van der Waals surface area contributed by atoms with Crippen LogP contribution in [0.3, 0.4) is 0 Å². The Labute approximate surface area is 187 Å². The fourth-order valence-electron chi connectivity index (χ4n) is 3.66. The summed E-state index contributed by atoms with van der Waals surface area (Å²) in [5, 5.41) is 0. The zero-order valence-electron chi connectivity index (χ0n) is 18.0. The van der Waals surface area contributed by atoms with Crippen molar-refractivity contribution in [2.45, 2.75) is 32.4 Å². The quantitative estimate of drug-likeness (QED) is 0.573. The summed E-state index contributed by atoms with van der Waals surface area (Å²) in [6.07, 6.45) is 2.19. The second-order valence-electron chi connectivity index (χ2n) is 8.31. The van der Waals surface area contributed by atoms with E-state index in [9.17, 15) is 4.79 Å². The molecule has 2 aromatic carbocycles. The van der Waals surface area contributed by atoms with Crippen LogP contribution in [-0.2, 0) is 6.54 Å². The van der Waals surface area contributed by atoms with Crippen molar-refractivity contribution in [3.63, 3.8) is 0 Å². The first-order valence-electron chi connectivity index (χ1n) is 11.0. The van der Waals surface area contributed by atoms with E-state index in [4.69, 9.17) is 14.2 Å². The summed E-state index contributed by atoms with van der Waals surface area (Å²) in [6.45, 7) is 3.13. The SMILES string of the molecule is Cc1cc(OCC2COc3ccccc3O2)cc(=O)n1Cc1cccc(C#CC2CC2)c1. The molecular weight excluding hydrogens is 402 g/mol. The molecular formula is C27H25NO4. The van der Waals surface area contributed by atoms with Gasteiger partial charge in [0, 0.05) is 23.2 Å². The molecule has 0 spiro atoms. The van der Waals surface area contributed by atoms with Gasteiger partial charge in [0.15, 0.2) is 17.6 Å². The summed E-state index contributed by atoms with van der Waals surface area (Å²) in [6, 6.07) is 19.1. The number of hydrogen-bond acceptors (Lipinski definition) is 4. The highest BCUT2D eigenvalue weighted by Crippen LogP contribution is 2.31. The van der Waals surface area contributed by atoms with Gasteiger partial charge >= 0.3 is 0 Å². The Kier molecular flexibility index (Phi) is 5.60. The lowest BCUT2D eigenvalue weighted by atomic mass is 10.1. The molecule has 1 aromatic heterocycles. The van der Waals surface area contributed by atoms with E-state index < -0.39 is 0 Å². The molecule has 1 saturated carbocycles. The molecule has 0 radical (unpaired) electrons. The molecule has 1 aliphatic carbocycles. The van der Waals surface area contributed by atoms with Gasteiger partial charge < -0.3 is 18.8 Å². The highest BCUT2D eigenvalue weighted by atomic mass is 16.6. The van der Waals surface area contributed by atoms with Crippen molar-refractivity contribution in [3.8, 4) is 29.1 Å². The van der Waals surface area contributed by atoms with Gasteiger partial charge in [-0.05, 0) is 55.7 Å². The third kappa shape index (κ3) is 4.81. The number of hydrogen-bond donors (Lipinski definition) is 0. The average Bonchev–Trinajstić information content (AvgIpc) is 3.63. The summed E-state index contributed by atoms with van der Waals surface area (Å²) < 4.78 is 19.3. The molecule has 0 bridgehead atoms. The number of para-hydroxylation sites is 2. The molecule has 0 N–H and O–H groups in total. The van der Waals surface area contributed by atoms with Gasteiger partial charge in [-0.1, -0.05) is 36.1 Å². The van der Waals surface area contributed by atoms with Crippen molar-refractivity contribution in [1.82, 2.24) is 4.57 Å². The van der Waals surface area contributed by atoms with Crippen molar-refractivity contribution >= 4 is 0 Å². The van der Waals surface area contributed by atoms with Crippen LogP contribution in [0.25, 0.3) is 0 Å². The van der Waals surface area contributed by atoms with Gasteiger partial charge in [0.25, 0.3) is 5.56 Å². The van der Waals surface area contributed by atoms with E-state index in [0.717, 1.165) is 22.6 Å². The lowest BCUT2D eigenvalue weighted by Gasteiger charge is -2.26. The molecule has 0 amide bonds. The van der Waals surface area contributed by atoms with Crippen LogP contribution in [0.15, 0.2) is 65.5 Å². The number of nitrogens with zero attached hydrogens (tertiary/aromatic N) is 1. The molecule has 1 atom stereocenters. The van der Waals surface area contributed by atoms with Gasteiger partial charge in [0.05, 0.1) is 6.54 Å². The second kappa shape index (κ2) is 8.84. The third-order valence-corrected chi connectivity index (χ3v) is 5.58. The van der Waals surface area contributed by atoms with Gasteiger partial charge in [-0.25, -0.2) is 0 Å². The van der Waals surface area contributed by atoms with Gasteiger partial charge in [0.1, 0.15) is 19.0 Å². The van der Waals surface area contributed by atoms with Crippen molar-refractivity contribution in [2.75, 3.05) is 13.2 Å². The maximum Gasteiger partial charge on any atom is 0.254 e. The normalized spacial score (nSPS) is 16.7. The molecule has 5 rings (SSSR count). The van der Waals surface area contributed by atoms with Crippen LogP contribution in [0.1, 0.15) is 29.7 Å². The molecule has 5 heteroatoms. The molecule has 2 heterocycles. The van der Waals surface area contributed by atoms with Crippen LogP contribution in [0.5, 0.6) is 17.2 Å². The number of ether oxygens (including phenoxy) is 3. The Balaban J connectivity index is 1.24. The topological polar surface area (TPSA) is 49.7 Å². The van der Waals surface area contributed by atoms with Crippen LogP contribution in [0.4, 0.5) is 0 Å². The summed E-state index contributed by atoms with van der Waals surface area (Å²) in [7, 11) is 0. The summed E-state index contributed by atoms with van der Waals surface area (Å²) in [4.78, 5) is 12.8. The van der Waals surface area contributed by atoms with E-state index in [1.807, 2.05) is 55.5 Å². The van der Waals surface area contributed by atoms with Gasteiger partial charge in [-0.15, -0.1) is 0 Å². The predicted molar refractivity (Wildman–Crippen MR) is 122 cm³/mol. The highest BCUT2D eigenvalue weighted by molar-refractivity contribution is 5.41. The molecule has 2 aliphatic rings. The van der Waals surface area contributed by atoms with Crippen LogP contribution in [0, 0.1) is 24.7 Å². The number of rotatable bonds is 5. The second-order valence-corrected chi connectivity index (χ2v) is 8.31. The van der Waals surface area contributed by atoms with E-state index >= 15 is 0 Å².